The molecule has 0 unspecified atom stereocenters. The molecular weight excluding hydrogens is 420 g/mol. The Morgan fingerprint density at radius 2 is 1.67 bits per heavy atom. The second-order valence-corrected chi connectivity index (χ2v) is 9.36. The van der Waals surface area contributed by atoms with Crippen molar-refractivity contribution in [2.75, 3.05) is 17.1 Å². The number of hydrogen-bond acceptors (Lipinski definition) is 3. The molecule has 0 saturated heterocycles. The number of halogens is 1. The lowest BCUT2D eigenvalue weighted by molar-refractivity contribution is -0.120. The van der Waals surface area contributed by atoms with Gasteiger partial charge in [0.15, 0.2) is 0 Å². The molecular formula is C23H23ClN2O3S. The highest BCUT2D eigenvalue weighted by atomic mass is 35.5. The minimum Gasteiger partial charge on any atom is -0.344 e. The van der Waals surface area contributed by atoms with Crippen LogP contribution in [0, 0.1) is 6.92 Å². The van der Waals surface area contributed by atoms with Crippen LogP contribution in [0.25, 0.3) is 0 Å². The summed E-state index contributed by atoms with van der Waals surface area (Å²) in [6.07, 6.45) is 1.07. The van der Waals surface area contributed by atoms with Crippen LogP contribution in [0.2, 0.25) is 5.02 Å². The van der Waals surface area contributed by atoms with Crippen LogP contribution in [0.15, 0.2) is 78.9 Å². The Bertz CT molecular complexity index is 1130. The number of aryl methyl sites for hydroxylation is 1. The zero-order valence-corrected chi connectivity index (χ0v) is 18.3. The summed E-state index contributed by atoms with van der Waals surface area (Å²) >= 11 is 6.02. The van der Waals surface area contributed by atoms with Crippen LogP contribution in [-0.4, -0.2) is 27.1 Å². The number of amides is 1. The number of nitrogens with zero attached hydrogens (tertiary/aromatic N) is 1. The molecule has 0 aliphatic heterocycles. The molecule has 0 bridgehead atoms. The van der Waals surface area contributed by atoms with Gasteiger partial charge in [-0.25, -0.2) is 8.42 Å². The maximum atomic E-state index is 13.0. The molecule has 30 heavy (non-hydrogen) atoms. The van der Waals surface area contributed by atoms with E-state index in [1.54, 1.807) is 18.2 Å². The normalized spacial score (nSPS) is 12.2. The maximum absolute atomic E-state index is 13.0. The molecule has 3 aromatic carbocycles. The lowest BCUT2D eigenvalue weighted by Gasteiger charge is -2.25. The molecule has 3 rings (SSSR count). The molecule has 0 aliphatic rings. The first kappa shape index (κ1) is 21.9. The molecule has 0 aliphatic carbocycles. The highest BCUT2D eigenvalue weighted by Crippen LogP contribution is 2.26. The number of sulfonamides is 1. The van der Waals surface area contributed by atoms with Gasteiger partial charge in [-0.1, -0.05) is 72.3 Å². The summed E-state index contributed by atoms with van der Waals surface area (Å²) in [5.74, 6) is -0.419. The van der Waals surface area contributed by atoms with Crippen molar-refractivity contribution < 1.29 is 13.2 Å². The Balaban J connectivity index is 1.91. The van der Waals surface area contributed by atoms with Crippen LogP contribution in [0.1, 0.15) is 22.7 Å². The molecule has 0 heterocycles. The van der Waals surface area contributed by atoms with Crippen molar-refractivity contribution in [3.63, 3.8) is 0 Å². The second-order valence-electron chi connectivity index (χ2n) is 7.02. The highest BCUT2D eigenvalue weighted by Gasteiger charge is 2.24. The molecule has 5 nitrogen and oxygen atoms in total. The SMILES string of the molecule is Cc1ccccc1[C@@H](NC(=O)CN(c1cccc(Cl)c1)S(C)(=O)=O)c1ccccc1. The predicted octanol–water partition coefficient (Wildman–Crippen LogP) is 4.32. The molecule has 0 aromatic heterocycles. The van der Waals surface area contributed by atoms with Crippen LogP contribution in [0.3, 0.4) is 0 Å². The van der Waals surface area contributed by atoms with Gasteiger partial charge in [-0.05, 0) is 41.8 Å². The van der Waals surface area contributed by atoms with Crippen LogP contribution < -0.4 is 9.62 Å². The van der Waals surface area contributed by atoms with Gasteiger partial charge in [0, 0.05) is 5.02 Å². The van der Waals surface area contributed by atoms with Gasteiger partial charge in [-0.15, -0.1) is 0 Å². The number of rotatable bonds is 7. The van der Waals surface area contributed by atoms with Crippen LogP contribution in [0.4, 0.5) is 5.69 Å². The summed E-state index contributed by atoms with van der Waals surface area (Å²) in [7, 11) is -3.69. The third-order valence-corrected chi connectivity index (χ3v) is 6.10. The predicted molar refractivity (Wildman–Crippen MR) is 121 cm³/mol. The topological polar surface area (TPSA) is 66.5 Å². The molecule has 0 radical (unpaired) electrons. The number of carbonyl (C=O) groups is 1. The lowest BCUT2D eigenvalue weighted by atomic mass is 9.95. The van der Waals surface area contributed by atoms with Gasteiger partial charge in [0.25, 0.3) is 0 Å². The van der Waals surface area contributed by atoms with Crippen LogP contribution in [0.5, 0.6) is 0 Å². The number of hydrogen-bond donors (Lipinski definition) is 1. The van der Waals surface area contributed by atoms with Crippen molar-refractivity contribution in [1.29, 1.82) is 0 Å². The van der Waals surface area contributed by atoms with E-state index in [1.807, 2.05) is 61.5 Å². The Morgan fingerprint density at radius 1 is 1.00 bits per heavy atom. The number of nitrogens with one attached hydrogen (secondary N) is 1. The first-order chi connectivity index (χ1) is 14.3. The molecule has 1 N–H and O–H groups in total. The number of benzene rings is 3. The Hall–Kier alpha value is -2.83. The first-order valence-electron chi connectivity index (χ1n) is 9.39. The lowest BCUT2D eigenvalue weighted by Crippen LogP contribution is -2.42. The van der Waals surface area contributed by atoms with Gasteiger partial charge in [0.05, 0.1) is 18.0 Å². The number of anilines is 1. The summed E-state index contributed by atoms with van der Waals surface area (Å²) in [4.78, 5) is 13.0. The minimum absolute atomic E-state index is 0.340. The van der Waals surface area contributed by atoms with Crippen molar-refractivity contribution in [1.82, 2.24) is 5.32 Å². The van der Waals surface area contributed by atoms with Crippen LogP contribution in [-0.2, 0) is 14.8 Å². The van der Waals surface area contributed by atoms with Crippen molar-refractivity contribution in [2.45, 2.75) is 13.0 Å². The summed E-state index contributed by atoms with van der Waals surface area (Å²) < 4.78 is 25.8. The van der Waals surface area contributed by atoms with E-state index >= 15 is 0 Å². The van der Waals surface area contributed by atoms with Crippen molar-refractivity contribution in [3.05, 3.63) is 101 Å². The average molecular weight is 443 g/mol. The van der Waals surface area contributed by atoms with E-state index in [0.29, 0.717) is 10.7 Å². The molecule has 1 atom stereocenters. The van der Waals surface area contributed by atoms with Gasteiger partial charge in [0.1, 0.15) is 6.54 Å². The van der Waals surface area contributed by atoms with Gasteiger partial charge >= 0.3 is 0 Å². The van der Waals surface area contributed by atoms with E-state index in [0.717, 1.165) is 27.3 Å². The molecule has 0 spiro atoms. The standard InChI is InChI=1S/C23H23ClN2O3S/c1-17-9-6-7-14-21(17)23(18-10-4-3-5-11-18)25-22(27)16-26(30(2,28)29)20-13-8-12-19(24)15-20/h3-15,23H,16H2,1-2H3,(H,25,27)/t23-/m0/s1. The smallest absolute Gasteiger partial charge is 0.241 e. The van der Waals surface area contributed by atoms with E-state index in [-0.39, 0.29) is 6.54 Å². The van der Waals surface area contributed by atoms with Crippen LogP contribution >= 0.6 is 11.6 Å². The summed E-state index contributed by atoms with van der Waals surface area (Å²) in [5, 5.41) is 3.39. The zero-order chi connectivity index (χ0) is 21.7. The largest absolute Gasteiger partial charge is 0.344 e. The third-order valence-electron chi connectivity index (χ3n) is 4.72. The van der Waals surface area contributed by atoms with Gasteiger partial charge < -0.3 is 5.32 Å². The van der Waals surface area contributed by atoms with Gasteiger partial charge in [-0.3, -0.25) is 9.10 Å². The fourth-order valence-electron chi connectivity index (χ4n) is 3.27. The number of carbonyl (C=O) groups excluding carboxylic acids is 1. The molecule has 0 saturated carbocycles. The fourth-order valence-corrected chi connectivity index (χ4v) is 4.30. The van der Waals surface area contributed by atoms with E-state index in [9.17, 15) is 13.2 Å². The second kappa shape index (κ2) is 9.32. The molecule has 1 amide bonds. The summed E-state index contributed by atoms with van der Waals surface area (Å²) in [5.41, 5.74) is 3.23. The first-order valence-corrected chi connectivity index (χ1v) is 11.6. The van der Waals surface area contributed by atoms with Gasteiger partial charge in [-0.2, -0.15) is 0 Å². The van der Waals surface area contributed by atoms with E-state index in [2.05, 4.69) is 5.32 Å². The van der Waals surface area contributed by atoms with Crippen molar-refractivity contribution in [3.8, 4) is 0 Å². The zero-order valence-electron chi connectivity index (χ0n) is 16.7. The Labute approximate surface area is 182 Å². The van der Waals surface area contributed by atoms with E-state index in [4.69, 9.17) is 11.6 Å². The van der Waals surface area contributed by atoms with Crippen molar-refractivity contribution in [2.24, 2.45) is 0 Å². The summed E-state index contributed by atoms with van der Waals surface area (Å²) in [6, 6.07) is 23.4. The average Bonchev–Trinajstić information content (AvgIpc) is 2.71. The third kappa shape index (κ3) is 5.40. The Morgan fingerprint density at radius 3 is 2.30 bits per heavy atom. The molecule has 156 valence electrons. The highest BCUT2D eigenvalue weighted by molar-refractivity contribution is 7.92. The maximum Gasteiger partial charge on any atom is 0.241 e. The quantitative estimate of drug-likeness (QED) is 0.592. The monoisotopic (exact) mass is 442 g/mol. The molecule has 7 heteroatoms. The Kier molecular flexibility index (Phi) is 6.80. The van der Waals surface area contributed by atoms with E-state index in [1.165, 1.54) is 6.07 Å². The fraction of sp³-hybridized carbons (Fsp3) is 0.174. The van der Waals surface area contributed by atoms with E-state index < -0.39 is 22.0 Å². The molecule has 0 fully saturated rings. The van der Waals surface area contributed by atoms with Crippen molar-refractivity contribution >= 4 is 33.2 Å². The summed E-state index contributed by atoms with van der Waals surface area (Å²) in [6.45, 7) is 1.63. The minimum atomic E-state index is -3.69. The van der Waals surface area contributed by atoms with Gasteiger partial charge in [0.2, 0.25) is 15.9 Å². The molecule has 3 aromatic rings.